The van der Waals surface area contributed by atoms with Crippen LogP contribution < -0.4 is 15.5 Å². The summed E-state index contributed by atoms with van der Waals surface area (Å²) in [5.41, 5.74) is 0.888. The number of para-hydroxylation sites is 1. The monoisotopic (exact) mass is 344 g/mol. The highest BCUT2D eigenvalue weighted by Gasteiger charge is 2.33. The number of nitrogens with zero attached hydrogens (tertiary/aromatic N) is 2. The van der Waals surface area contributed by atoms with Crippen LogP contribution in [0.4, 0.5) is 10.5 Å². The number of amides is 3. The molecule has 0 spiro atoms. The van der Waals surface area contributed by atoms with Gasteiger partial charge in [-0.05, 0) is 50.4 Å². The summed E-state index contributed by atoms with van der Waals surface area (Å²) < 4.78 is 0. The fourth-order valence-corrected chi connectivity index (χ4v) is 3.72. The molecule has 1 aromatic carbocycles. The van der Waals surface area contributed by atoms with Crippen LogP contribution in [0, 0.1) is 5.92 Å². The zero-order chi connectivity index (χ0) is 17.6. The summed E-state index contributed by atoms with van der Waals surface area (Å²) in [6, 6.07) is 8.93. The SMILES string of the molecule is CCCN1CC[C@@H](CNC(=O)N[C@@H]2CCN(c3ccccc3)C2=O)C1. The Morgan fingerprint density at radius 1 is 1.20 bits per heavy atom. The van der Waals surface area contributed by atoms with Crippen LogP contribution in [-0.4, -0.2) is 55.6 Å². The lowest BCUT2D eigenvalue weighted by Crippen LogP contribution is -2.47. The van der Waals surface area contributed by atoms with Gasteiger partial charge in [0.25, 0.3) is 0 Å². The Bertz CT molecular complexity index is 592. The third-order valence-electron chi connectivity index (χ3n) is 5.04. The number of carbonyl (C=O) groups is 2. The van der Waals surface area contributed by atoms with Gasteiger partial charge in [-0.25, -0.2) is 4.79 Å². The zero-order valence-corrected chi connectivity index (χ0v) is 14.9. The number of benzene rings is 1. The molecule has 2 heterocycles. The van der Waals surface area contributed by atoms with E-state index in [1.807, 2.05) is 30.3 Å². The molecule has 3 rings (SSSR count). The Morgan fingerprint density at radius 2 is 2.00 bits per heavy atom. The predicted octanol–water partition coefficient (Wildman–Crippen LogP) is 1.82. The van der Waals surface area contributed by atoms with Gasteiger partial charge >= 0.3 is 6.03 Å². The van der Waals surface area contributed by atoms with Crippen LogP contribution in [-0.2, 0) is 4.79 Å². The van der Waals surface area contributed by atoms with Gasteiger partial charge in [-0.2, -0.15) is 0 Å². The number of carbonyl (C=O) groups excluding carboxylic acids is 2. The first-order valence-corrected chi connectivity index (χ1v) is 9.30. The van der Waals surface area contributed by atoms with Crippen molar-refractivity contribution in [2.45, 2.75) is 32.2 Å². The van der Waals surface area contributed by atoms with Gasteiger partial charge in [0.1, 0.15) is 6.04 Å². The molecule has 0 unspecified atom stereocenters. The number of rotatable bonds is 6. The van der Waals surface area contributed by atoms with Crippen molar-refractivity contribution in [3.05, 3.63) is 30.3 Å². The summed E-state index contributed by atoms with van der Waals surface area (Å²) >= 11 is 0. The van der Waals surface area contributed by atoms with E-state index in [1.54, 1.807) is 4.90 Å². The van der Waals surface area contributed by atoms with Gasteiger partial charge in [0.15, 0.2) is 0 Å². The molecule has 2 atom stereocenters. The molecule has 0 aromatic heterocycles. The average molecular weight is 344 g/mol. The van der Waals surface area contributed by atoms with Crippen molar-refractivity contribution in [3.8, 4) is 0 Å². The Kier molecular flexibility index (Phi) is 5.91. The van der Waals surface area contributed by atoms with E-state index in [2.05, 4.69) is 22.5 Å². The smallest absolute Gasteiger partial charge is 0.315 e. The van der Waals surface area contributed by atoms with Gasteiger partial charge in [0.2, 0.25) is 5.91 Å². The van der Waals surface area contributed by atoms with Crippen molar-refractivity contribution < 1.29 is 9.59 Å². The van der Waals surface area contributed by atoms with E-state index >= 15 is 0 Å². The summed E-state index contributed by atoms with van der Waals surface area (Å²) in [5.74, 6) is 0.480. The van der Waals surface area contributed by atoms with Gasteiger partial charge in [-0.3, -0.25) is 4.79 Å². The number of hydrogen-bond acceptors (Lipinski definition) is 3. The summed E-state index contributed by atoms with van der Waals surface area (Å²) in [6.45, 7) is 6.82. The lowest BCUT2D eigenvalue weighted by atomic mass is 10.1. The molecule has 0 saturated carbocycles. The molecule has 6 heteroatoms. The summed E-state index contributed by atoms with van der Waals surface area (Å²) in [5, 5.41) is 5.78. The number of anilines is 1. The van der Waals surface area contributed by atoms with Crippen molar-refractivity contribution in [2.75, 3.05) is 37.6 Å². The maximum absolute atomic E-state index is 12.5. The van der Waals surface area contributed by atoms with Crippen LogP contribution in [0.15, 0.2) is 30.3 Å². The molecular weight excluding hydrogens is 316 g/mol. The topological polar surface area (TPSA) is 64.7 Å². The van der Waals surface area contributed by atoms with Crippen LogP contribution in [0.3, 0.4) is 0 Å². The molecule has 0 aliphatic carbocycles. The van der Waals surface area contributed by atoms with Gasteiger partial charge in [0.05, 0.1) is 0 Å². The van der Waals surface area contributed by atoms with Crippen molar-refractivity contribution in [1.29, 1.82) is 0 Å². The van der Waals surface area contributed by atoms with Gasteiger partial charge < -0.3 is 20.4 Å². The number of nitrogens with one attached hydrogen (secondary N) is 2. The molecule has 2 fully saturated rings. The van der Waals surface area contributed by atoms with Crippen molar-refractivity contribution in [3.63, 3.8) is 0 Å². The molecule has 136 valence electrons. The second-order valence-corrected chi connectivity index (χ2v) is 6.98. The molecule has 6 nitrogen and oxygen atoms in total. The number of urea groups is 1. The molecule has 2 saturated heterocycles. The largest absolute Gasteiger partial charge is 0.338 e. The van der Waals surface area contributed by atoms with E-state index in [0.29, 0.717) is 25.4 Å². The zero-order valence-electron chi connectivity index (χ0n) is 14.9. The maximum atomic E-state index is 12.5. The van der Waals surface area contributed by atoms with Crippen LogP contribution in [0.1, 0.15) is 26.2 Å². The lowest BCUT2D eigenvalue weighted by molar-refractivity contribution is -0.118. The Hall–Kier alpha value is -2.08. The molecule has 0 bridgehead atoms. The van der Waals surface area contributed by atoms with E-state index in [9.17, 15) is 9.59 Å². The van der Waals surface area contributed by atoms with E-state index in [0.717, 1.165) is 31.7 Å². The molecule has 25 heavy (non-hydrogen) atoms. The highest BCUT2D eigenvalue weighted by molar-refractivity contribution is 6.01. The van der Waals surface area contributed by atoms with Gasteiger partial charge in [-0.15, -0.1) is 0 Å². The molecule has 0 radical (unpaired) electrons. The Balaban J connectivity index is 1.42. The molecule has 2 aliphatic heterocycles. The normalized spacial score (nSPS) is 23.9. The van der Waals surface area contributed by atoms with E-state index in [-0.39, 0.29) is 11.9 Å². The minimum Gasteiger partial charge on any atom is -0.338 e. The van der Waals surface area contributed by atoms with E-state index < -0.39 is 6.04 Å². The molecule has 1 aromatic rings. The second kappa shape index (κ2) is 8.34. The highest BCUT2D eigenvalue weighted by Crippen LogP contribution is 2.21. The first-order chi connectivity index (χ1) is 12.2. The highest BCUT2D eigenvalue weighted by atomic mass is 16.2. The first kappa shape index (κ1) is 17.7. The van der Waals surface area contributed by atoms with Crippen LogP contribution >= 0.6 is 0 Å². The van der Waals surface area contributed by atoms with E-state index in [4.69, 9.17) is 0 Å². The predicted molar refractivity (Wildman–Crippen MR) is 98.6 cm³/mol. The molecular formula is C19H28N4O2. The minimum absolute atomic E-state index is 0.0312. The fourth-order valence-electron chi connectivity index (χ4n) is 3.72. The van der Waals surface area contributed by atoms with Gasteiger partial charge in [-0.1, -0.05) is 25.1 Å². The molecule has 3 amide bonds. The summed E-state index contributed by atoms with van der Waals surface area (Å²) in [7, 11) is 0. The Labute approximate surface area is 149 Å². The first-order valence-electron chi connectivity index (χ1n) is 9.30. The van der Waals surface area contributed by atoms with Gasteiger partial charge in [0, 0.05) is 25.3 Å². The molecule has 2 aliphatic rings. The van der Waals surface area contributed by atoms with Crippen molar-refractivity contribution in [1.82, 2.24) is 15.5 Å². The van der Waals surface area contributed by atoms with E-state index in [1.165, 1.54) is 6.42 Å². The third-order valence-corrected chi connectivity index (χ3v) is 5.04. The summed E-state index contributed by atoms with van der Waals surface area (Å²) in [6.07, 6.45) is 2.95. The van der Waals surface area contributed by atoms with Crippen LogP contribution in [0.5, 0.6) is 0 Å². The maximum Gasteiger partial charge on any atom is 0.315 e. The minimum atomic E-state index is -0.430. The standard InChI is InChI=1S/C19H28N4O2/c1-2-10-22-11-8-15(14-22)13-20-19(25)21-17-9-12-23(18(17)24)16-6-4-3-5-7-16/h3-7,15,17H,2,8-14H2,1H3,(H2,20,21,25)/t15-,17+/m0/s1. The number of likely N-dealkylation sites (tertiary alicyclic amines) is 1. The van der Waals surface area contributed by atoms with Crippen molar-refractivity contribution >= 4 is 17.6 Å². The lowest BCUT2D eigenvalue weighted by Gasteiger charge is -2.18. The number of hydrogen-bond donors (Lipinski definition) is 2. The Morgan fingerprint density at radius 3 is 2.76 bits per heavy atom. The third kappa shape index (κ3) is 4.51. The molecule has 2 N–H and O–H groups in total. The quantitative estimate of drug-likeness (QED) is 0.827. The fraction of sp³-hybridized carbons (Fsp3) is 0.579. The van der Waals surface area contributed by atoms with Crippen LogP contribution in [0.2, 0.25) is 0 Å². The average Bonchev–Trinajstić information content (AvgIpc) is 3.22. The summed E-state index contributed by atoms with van der Waals surface area (Å²) in [4.78, 5) is 28.8. The second-order valence-electron chi connectivity index (χ2n) is 6.98. The van der Waals surface area contributed by atoms with Crippen molar-refractivity contribution in [2.24, 2.45) is 5.92 Å². The van der Waals surface area contributed by atoms with Crippen LogP contribution in [0.25, 0.3) is 0 Å².